The molecule has 0 saturated heterocycles. The molecule has 0 unspecified atom stereocenters. The lowest BCUT2D eigenvalue weighted by Gasteiger charge is -2.15. The molecular weight excluding hydrogens is 414 g/mol. The minimum atomic E-state index is -0.0200. The molecule has 34 heavy (non-hydrogen) atoms. The summed E-state index contributed by atoms with van der Waals surface area (Å²) in [7, 11) is 1.82. The van der Waals surface area contributed by atoms with E-state index in [0.717, 1.165) is 25.8 Å². The lowest BCUT2D eigenvalue weighted by molar-refractivity contribution is -0.124. The van der Waals surface area contributed by atoms with E-state index in [-0.39, 0.29) is 5.91 Å². The number of benzene rings is 3. The summed E-state index contributed by atoms with van der Waals surface area (Å²) in [5.74, 6) is -0.0200. The number of hydrogen-bond donors (Lipinski definition) is 0. The van der Waals surface area contributed by atoms with Gasteiger partial charge in [0.05, 0.1) is 0 Å². The molecule has 0 heterocycles. The largest absolute Gasteiger partial charge is 0.342 e. The van der Waals surface area contributed by atoms with Crippen LogP contribution in [0.15, 0.2) is 79.4 Å². The maximum atomic E-state index is 11.6. The minimum Gasteiger partial charge on any atom is -0.342 e. The van der Waals surface area contributed by atoms with Crippen LogP contribution in [0.25, 0.3) is 22.3 Å². The standard InChI is InChI=1S/C32H39NO/c1-5-8-9-11-25-15-19-29(20-16-25)31-22-21-30(24-27(31)6-2)28-17-13-26(14-18-28)12-10-23-33(4)32(34)7-3/h7,13-22,24H,3,5-6,8-12,23H2,1-2,4H3. The van der Waals surface area contributed by atoms with Gasteiger partial charge in [0.1, 0.15) is 0 Å². The van der Waals surface area contributed by atoms with Gasteiger partial charge >= 0.3 is 0 Å². The second-order valence-electron chi connectivity index (χ2n) is 9.14. The van der Waals surface area contributed by atoms with Gasteiger partial charge in [0.15, 0.2) is 0 Å². The van der Waals surface area contributed by atoms with Crippen molar-refractivity contribution >= 4 is 5.91 Å². The van der Waals surface area contributed by atoms with Crippen LogP contribution in [-0.2, 0) is 24.1 Å². The van der Waals surface area contributed by atoms with Gasteiger partial charge in [-0.3, -0.25) is 4.79 Å². The van der Waals surface area contributed by atoms with Crippen molar-refractivity contribution in [1.82, 2.24) is 4.90 Å². The number of carbonyl (C=O) groups is 1. The zero-order chi connectivity index (χ0) is 24.3. The van der Waals surface area contributed by atoms with E-state index in [1.807, 2.05) is 7.05 Å². The first-order valence-corrected chi connectivity index (χ1v) is 12.7. The van der Waals surface area contributed by atoms with Crippen LogP contribution in [0, 0.1) is 0 Å². The van der Waals surface area contributed by atoms with E-state index < -0.39 is 0 Å². The summed E-state index contributed by atoms with van der Waals surface area (Å²) >= 11 is 0. The van der Waals surface area contributed by atoms with Crippen molar-refractivity contribution in [2.75, 3.05) is 13.6 Å². The number of unbranched alkanes of at least 4 members (excludes halogenated alkanes) is 2. The molecule has 0 radical (unpaired) electrons. The van der Waals surface area contributed by atoms with E-state index >= 15 is 0 Å². The van der Waals surface area contributed by atoms with Crippen molar-refractivity contribution in [2.45, 2.75) is 58.8 Å². The average molecular weight is 454 g/mol. The Labute approximate surface area is 206 Å². The lowest BCUT2D eigenvalue weighted by atomic mass is 9.92. The molecule has 0 spiro atoms. The summed E-state index contributed by atoms with van der Waals surface area (Å²) in [6.45, 7) is 8.78. The molecule has 3 rings (SSSR count). The fourth-order valence-electron chi connectivity index (χ4n) is 4.43. The predicted molar refractivity (Wildman–Crippen MR) is 146 cm³/mol. The topological polar surface area (TPSA) is 20.3 Å². The van der Waals surface area contributed by atoms with Crippen molar-refractivity contribution in [3.63, 3.8) is 0 Å². The Hall–Kier alpha value is -3.13. The van der Waals surface area contributed by atoms with Gasteiger partial charge in [-0.15, -0.1) is 0 Å². The minimum absolute atomic E-state index is 0.0200. The second-order valence-corrected chi connectivity index (χ2v) is 9.14. The molecule has 1 amide bonds. The van der Waals surface area contributed by atoms with Gasteiger partial charge in [-0.05, 0) is 77.1 Å². The summed E-state index contributed by atoms with van der Waals surface area (Å²) in [6.07, 6.45) is 9.30. The molecular formula is C32H39NO. The van der Waals surface area contributed by atoms with Crippen LogP contribution in [0.2, 0.25) is 0 Å². The van der Waals surface area contributed by atoms with E-state index in [1.165, 1.54) is 70.7 Å². The molecule has 0 fully saturated rings. The molecule has 3 aromatic rings. The van der Waals surface area contributed by atoms with Crippen LogP contribution < -0.4 is 0 Å². The summed E-state index contributed by atoms with van der Waals surface area (Å²) in [5, 5.41) is 0. The Morgan fingerprint density at radius 1 is 0.794 bits per heavy atom. The Morgan fingerprint density at radius 3 is 1.97 bits per heavy atom. The fourth-order valence-corrected chi connectivity index (χ4v) is 4.43. The number of hydrogen-bond acceptors (Lipinski definition) is 1. The number of likely N-dealkylation sites (N-methyl/N-ethyl adjacent to an activating group) is 1. The third-order valence-corrected chi connectivity index (χ3v) is 6.62. The van der Waals surface area contributed by atoms with E-state index in [4.69, 9.17) is 0 Å². The molecule has 0 bridgehead atoms. The van der Waals surface area contributed by atoms with Gasteiger partial charge in [0.25, 0.3) is 0 Å². The van der Waals surface area contributed by atoms with Crippen LogP contribution in [-0.4, -0.2) is 24.4 Å². The third kappa shape index (κ3) is 6.93. The van der Waals surface area contributed by atoms with E-state index in [9.17, 15) is 4.79 Å². The summed E-state index contributed by atoms with van der Waals surface area (Å²) in [4.78, 5) is 13.3. The number of aryl methyl sites for hydroxylation is 3. The molecule has 3 aromatic carbocycles. The predicted octanol–water partition coefficient (Wildman–Crippen LogP) is 7.89. The molecule has 178 valence electrons. The number of carbonyl (C=O) groups excluding carboxylic acids is 1. The highest BCUT2D eigenvalue weighted by Crippen LogP contribution is 2.30. The van der Waals surface area contributed by atoms with Gasteiger partial charge in [-0.25, -0.2) is 0 Å². The fraction of sp³-hybridized carbons (Fsp3) is 0.344. The summed E-state index contributed by atoms with van der Waals surface area (Å²) in [6, 6.07) is 24.9. The van der Waals surface area contributed by atoms with Crippen LogP contribution in [0.4, 0.5) is 0 Å². The van der Waals surface area contributed by atoms with E-state index in [1.54, 1.807) is 4.90 Å². The first-order valence-electron chi connectivity index (χ1n) is 12.7. The third-order valence-electron chi connectivity index (χ3n) is 6.62. The van der Waals surface area contributed by atoms with E-state index in [0.29, 0.717) is 0 Å². The first kappa shape index (κ1) is 25.5. The SMILES string of the molecule is C=CC(=O)N(C)CCCc1ccc(-c2ccc(-c3ccc(CCCCC)cc3)c(CC)c2)cc1. The maximum Gasteiger partial charge on any atom is 0.245 e. The van der Waals surface area contributed by atoms with Gasteiger partial charge in [-0.2, -0.15) is 0 Å². The van der Waals surface area contributed by atoms with Crippen molar-refractivity contribution in [2.24, 2.45) is 0 Å². The highest BCUT2D eigenvalue weighted by molar-refractivity contribution is 5.86. The molecule has 0 aliphatic heterocycles. The molecule has 0 aliphatic carbocycles. The van der Waals surface area contributed by atoms with Crippen LogP contribution in [0.5, 0.6) is 0 Å². The smallest absolute Gasteiger partial charge is 0.245 e. The van der Waals surface area contributed by atoms with Gasteiger partial charge in [0.2, 0.25) is 5.91 Å². The summed E-state index contributed by atoms with van der Waals surface area (Å²) in [5.41, 5.74) is 9.27. The van der Waals surface area contributed by atoms with Crippen LogP contribution in [0.1, 0.15) is 56.2 Å². The van der Waals surface area contributed by atoms with Gasteiger partial charge < -0.3 is 4.90 Å². The van der Waals surface area contributed by atoms with E-state index in [2.05, 4.69) is 87.2 Å². The van der Waals surface area contributed by atoms with Crippen LogP contribution >= 0.6 is 0 Å². The number of rotatable bonds is 12. The van der Waals surface area contributed by atoms with Crippen molar-refractivity contribution in [3.8, 4) is 22.3 Å². The quantitative estimate of drug-likeness (QED) is 0.202. The molecule has 0 atom stereocenters. The molecule has 2 nitrogen and oxygen atoms in total. The monoisotopic (exact) mass is 453 g/mol. The average Bonchev–Trinajstić information content (AvgIpc) is 2.88. The van der Waals surface area contributed by atoms with Crippen molar-refractivity contribution < 1.29 is 4.79 Å². The highest BCUT2D eigenvalue weighted by Gasteiger charge is 2.08. The molecule has 0 saturated carbocycles. The number of nitrogens with zero attached hydrogens (tertiary/aromatic N) is 1. The second kappa shape index (κ2) is 12.9. The molecule has 2 heteroatoms. The normalized spacial score (nSPS) is 10.8. The van der Waals surface area contributed by atoms with Crippen molar-refractivity contribution in [1.29, 1.82) is 0 Å². The molecule has 0 aliphatic rings. The number of amides is 1. The zero-order valence-electron chi connectivity index (χ0n) is 21.1. The summed E-state index contributed by atoms with van der Waals surface area (Å²) < 4.78 is 0. The van der Waals surface area contributed by atoms with Gasteiger partial charge in [-0.1, -0.05) is 100.0 Å². The Bertz CT molecular complexity index is 1060. The van der Waals surface area contributed by atoms with Crippen LogP contribution in [0.3, 0.4) is 0 Å². The Morgan fingerprint density at radius 2 is 1.38 bits per heavy atom. The van der Waals surface area contributed by atoms with Crippen molar-refractivity contribution in [3.05, 3.63) is 96.1 Å². The van der Waals surface area contributed by atoms with Gasteiger partial charge in [0, 0.05) is 13.6 Å². The molecule has 0 aromatic heterocycles. The Kier molecular flexibility index (Phi) is 9.70. The Balaban J connectivity index is 1.67. The zero-order valence-corrected chi connectivity index (χ0v) is 21.1. The maximum absolute atomic E-state index is 11.6. The lowest BCUT2D eigenvalue weighted by Crippen LogP contribution is -2.25. The first-order chi connectivity index (χ1) is 16.5. The highest BCUT2D eigenvalue weighted by atomic mass is 16.2. The molecule has 0 N–H and O–H groups in total.